The van der Waals surface area contributed by atoms with Crippen LogP contribution in [0.1, 0.15) is 23.2 Å². The number of alkyl halides is 3. The highest BCUT2D eigenvalue weighted by molar-refractivity contribution is 6.30. The van der Waals surface area contributed by atoms with Gasteiger partial charge in [-0.2, -0.15) is 13.2 Å². The van der Waals surface area contributed by atoms with E-state index in [9.17, 15) is 22.8 Å². The lowest BCUT2D eigenvalue weighted by atomic mass is 9.94. The molecule has 1 aromatic carbocycles. The fourth-order valence-corrected chi connectivity index (χ4v) is 2.04. The fourth-order valence-electron chi connectivity index (χ4n) is 1.91. The van der Waals surface area contributed by atoms with Gasteiger partial charge in [0.05, 0.1) is 0 Å². The molecule has 0 spiro atoms. The fraction of sp³-hybridized carbons (Fsp3) is 0.385. The monoisotopic (exact) mass is 305 g/mol. The Hall–Kier alpha value is -1.56. The van der Waals surface area contributed by atoms with Crippen LogP contribution in [0, 0.1) is 5.41 Å². The summed E-state index contributed by atoms with van der Waals surface area (Å²) in [6, 6.07) is 5.92. The summed E-state index contributed by atoms with van der Waals surface area (Å²) in [6.45, 7) is -1.43. The van der Waals surface area contributed by atoms with Crippen molar-refractivity contribution in [3.8, 4) is 0 Å². The van der Waals surface area contributed by atoms with E-state index in [0.29, 0.717) is 5.02 Å². The number of halogens is 4. The highest BCUT2D eigenvalue weighted by atomic mass is 35.5. The van der Waals surface area contributed by atoms with Crippen LogP contribution in [0.4, 0.5) is 13.2 Å². The molecule has 0 unspecified atom stereocenters. The first-order chi connectivity index (χ1) is 9.24. The zero-order valence-electron chi connectivity index (χ0n) is 10.3. The standard InChI is InChI=1S/C13H11ClF3NO2/c14-9-3-1-8(2-4-9)10(19)12(5-6-12)11(20)18-7-13(15,16)17/h1-4H,5-7H2,(H,18,20). The van der Waals surface area contributed by atoms with Crippen LogP contribution in [0.25, 0.3) is 0 Å². The number of Topliss-reactive ketones (excluding diaryl/α,β-unsaturated/α-hetero) is 1. The Bertz CT molecular complexity index is 536. The summed E-state index contributed by atoms with van der Waals surface area (Å²) in [4.78, 5) is 24.0. The Morgan fingerprint density at radius 1 is 1.20 bits per heavy atom. The number of hydrogen-bond donors (Lipinski definition) is 1. The van der Waals surface area contributed by atoms with E-state index in [1.807, 2.05) is 0 Å². The number of carbonyl (C=O) groups excluding carboxylic acids is 2. The summed E-state index contributed by atoms with van der Waals surface area (Å²) >= 11 is 5.69. The molecule has 3 nitrogen and oxygen atoms in total. The van der Waals surface area contributed by atoms with Gasteiger partial charge >= 0.3 is 6.18 Å². The van der Waals surface area contributed by atoms with Gasteiger partial charge < -0.3 is 5.32 Å². The van der Waals surface area contributed by atoms with Gasteiger partial charge in [-0.05, 0) is 37.1 Å². The van der Waals surface area contributed by atoms with Crippen molar-refractivity contribution >= 4 is 23.3 Å². The van der Waals surface area contributed by atoms with Crippen molar-refractivity contribution in [3.05, 3.63) is 34.9 Å². The molecular formula is C13H11ClF3NO2. The van der Waals surface area contributed by atoms with E-state index in [2.05, 4.69) is 0 Å². The lowest BCUT2D eigenvalue weighted by Crippen LogP contribution is -2.41. The first-order valence-electron chi connectivity index (χ1n) is 5.90. The molecular weight excluding hydrogens is 295 g/mol. The van der Waals surface area contributed by atoms with Gasteiger partial charge in [0.2, 0.25) is 5.91 Å². The minimum Gasteiger partial charge on any atom is -0.346 e. The van der Waals surface area contributed by atoms with Crippen LogP contribution in [0.5, 0.6) is 0 Å². The Balaban J connectivity index is 2.09. The predicted molar refractivity (Wildman–Crippen MR) is 66.5 cm³/mol. The van der Waals surface area contributed by atoms with Crippen LogP contribution in [0.2, 0.25) is 5.02 Å². The second-order valence-electron chi connectivity index (χ2n) is 4.72. The average Bonchev–Trinajstić information content (AvgIpc) is 3.16. The van der Waals surface area contributed by atoms with Gasteiger partial charge in [0.1, 0.15) is 12.0 Å². The third kappa shape index (κ3) is 3.12. The van der Waals surface area contributed by atoms with Crippen molar-refractivity contribution in [1.82, 2.24) is 5.32 Å². The summed E-state index contributed by atoms with van der Waals surface area (Å²) < 4.78 is 36.2. The van der Waals surface area contributed by atoms with Crippen LogP contribution in [-0.4, -0.2) is 24.4 Å². The first-order valence-corrected chi connectivity index (χ1v) is 6.28. The predicted octanol–water partition coefficient (Wildman–Crippen LogP) is 2.98. The number of rotatable bonds is 4. The molecule has 108 valence electrons. The Morgan fingerprint density at radius 2 is 1.75 bits per heavy atom. The number of carbonyl (C=O) groups is 2. The van der Waals surface area contributed by atoms with E-state index in [4.69, 9.17) is 11.6 Å². The van der Waals surface area contributed by atoms with Gasteiger partial charge in [-0.1, -0.05) is 11.6 Å². The molecule has 1 N–H and O–H groups in total. The van der Waals surface area contributed by atoms with E-state index < -0.39 is 29.8 Å². The number of amides is 1. The highest BCUT2D eigenvalue weighted by Gasteiger charge is 2.56. The van der Waals surface area contributed by atoms with E-state index in [1.54, 1.807) is 5.32 Å². The number of nitrogens with one attached hydrogen (secondary N) is 1. The van der Waals surface area contributed by atoms with Crippen LogP contribution in [0.3, 0.4) is 0 Å². The van der Waals surface area contributed by atoms with Gasteiger partial charge in [0, 0.05) is 10.6 Å². The molecule has 7 heteroatoms. The maximum atomic E-state index is 12.2. The van der Waals surface area contributed by atoms with Crippen molar-refractivity contribution < 1.29 is 22.8 Å². The molecule has 1 aromatic rings. The summed E-state index contributed by atoms with van der Waals surface area (Å²) in [6.07, 6.45) is -3.97. The third-order valence-corrected chi connectivity index (χ3v) is 3.43. The SMILES string of the molecule is O=C(NCC(F)(F)F)C1(C(=O)c2ccc(Cl)cc2)CC1. The van der Waals surface area contributed by atoms with E-state index in [1.165, 1.54) is 24.3 Å². The summed E-state index contributed by atoms with van der Waals surface area (Å²) in [5, 5.41) is 2.21. The maximum Gasteiger partial charge on any atom is 0.405 e. The second-order valence-corrected chi connectivity index (χ2v) is 5.15. The largest absolute Gasteiger partial charge is 0.405 e. The van der Waals surface area contributed by atoms with Crippen LogP contribution < -0.4 is 5.32 Å². The molecule has 1 amide bonds. The van der Waals surface area contributed by atoms with E-state index in [-0.39, 0.29) is 18.4 Å². The molecule has 1 saturated carbocycles. The van der Waals surface area contributed by atoms with E-state index in [0.717, 1.165) is 0 Å². The molecule has 1 aliphatic carbocycles. The smallest absolute Gasteiger partial charge is 0.346 e. The lowest BCUT2D eigenvalue weighted by Gasteiger charge is -2.15. The summed E-state index contributed by atoms with van der Waals surface area (Å²) in [5.74, 6) is -1.33. The zero-order valence-corrected chi connectivity index (χ0v) is 11.0. The maximum absolute atomic E-state index is 12.2. The van der Waals surface area contributed by atoms with Crippen LogP contribution >= 0.6 is 11.6 Å². The van der Waals surface area contributed by atoms with Gasteiger partial charge in [0.15, 0.2) is 5.78 Å². The Morgan fingerprint density at radius 3 is 2.20 bits per heavy atom. The average molecular weight is 306 g/mol. The van der Waals surface area contributed by atoms with Crippen molar-refractivity contribution in [2.24, 2.45) is 5.41 Å². The Kier molecular flexibility index (Phi) is 3.77. The highest BCUT2D eigenvalue weighted by Crippen LogP contribution is 2.48. The molecule has 0 heterocycles. The normalized spacial score (nSPS) is 16.6. The zero-order chi connectivity index (χ0) is 15.0. The number of hydrogen-bond acceptors (Lipinski definition) is 2. The van der Waals surface area contributed by atoms with Crippen LogP contribution in [0.15, 0.2) is 24.3 Å². The van der Waals surface area contributed by atoms with Gasteiger partial charge in [-0.25, -0.2) is 0 Å². The molecule has 2 rings (SSSR count). The lowest BCUT2D eigenvalue weighted by molar-refractivity contribution is -0.140. The van der Waals surface area contributed by atoms with Crippen molar-refractivity contribution in [1.29, 1.82) is 0 Å². The van der Waals surface area contributed by atoms with E-state index >= 15 is 0 Å². The quantitative estimate of drug-likeness (QED) is 0.686. The Labute approximate surface area is 118 Å². The molecule has 0 bridgehead atoms. The third-order valence-electron chi connectivity index (χ3n) is 3.18. The first kappa shape index (κ1) is 14.8. The topological polar surface area (TPSA) is 46.2 Å². The molecule has 1 fully saturated rings. The second kappa shape index (κ2) is 5.09. The molecule has 0 saturated heterocycles. The van der Waals surface area contributed by atoms with Crippen molar-refractivity contribution in [2.45, 2.75) is 19.0 Å². The minimum absolute atomic E-state index is 0.262. The summed E-state index contributed by atoms with van der Waals surface area (Å²) in [7, 11) is 0. The molecule has 0 aromatic heterocycles. The van der Waals surface area contributed by atoms with Gasteiger partial charge in [-0.15, -0.1) is 0 Å². The number of ketones is 1. The molecule has 0 aliphatic heterocycles. The van der Waals surface area contributed by atoms with Crippen molar-refractivity contribution in [3.63, 3.8) is 0 Å². The molecule has 20 heavy (non-hydrogen) atoms. The van der Waals surface area contributed by atoms with Crippen LogP contribution in [-0.2, 0) is 4.79 Å². The molecule has 0 atom stereocenters. The van der Waals surface area contributed by atoms with Gasteiger partial charge in [-0.3, -0.25) is 9.59 Å². The minimum atomic E-state index is -4.49. The van der Waals surface area contributed by atoms with Crippen molar-refractivity contribution in [2.75, 3.05) is 6.54 Å². The number of benzene rings is 1. The molecule has 1 aliphatic rings. The molecule has 0 radical (unpaired) electrons. The summed E-state index contributed by atoms with van der Waals surface area (Å²) in [5.41, 5.74) is -1.08. The van der Waals surface area contributed by atoms with Gasteiger partial charge in [0.25, 0.3) is 0 Å².